The molecule has 0 fully saturated rings. The standard InChI is InChI=1S/C15H17NO2S/c1-18-15(17)14(12-6-3-2-4-7-12)16-10-9-13-8-5-11-19-13/h2-8,11,14,16H,9-10H2,1H3/t14-/m1/s1. The summed E-state index contributed by atoms with van der Waals surface area (Å²) in [6.45, 7) is 0.745. The van der Waals surface area contributed by atoms with Crippen LogP contribution in [0.5, 0.6) is 0 Å². The van der Waals surface area contributed by atoms with E-state index in [-0.39, 0.29) is 5.97 Å². The molecule has 3 nitrogen and oxygen atoms in total. The number of esters is 1. The maximum Gasteiger partial charge on any atom is 0.327 e. The molecule has 1 heterocycles. The summed E-state index contributed by atoms with van der Waals surface area (Å²) in [6.07, 6.45) is 0.915. The lowest BCUT2D eigenvalue weighted by atomic mass is 10.1. The second-order valence-electron chi connectivity index (χ2n) is 4.15. The van der Waals surface area contributed by atoms with Gasteiger partial charge in [-0.25, -0.2) is 4.79 Å². The van der Waals surface area contributed by atoms with Crippen molar-refractivity contribution in [3.8, 4) is 0 Å². The van der Waals surface area contributed by atoms with Gasteiger partial charge in [-0.1, -0.05) is 36.4 Å². The number of benzene rings is 1. The molecule has 0 aliphatic heterocycles. The van der Waals surface area contributed by atoms with E-state index in [9.17, 15) is 4.79 Å². The SMILES string of the molecule is COC(=O)[C@H](NCCc1cccs1)c1ccccc1. The lowest BCUT2D eigenvalue weighted by Gasteiger charge is -2.16. The number of thiophene rings is 1. The van der Waals surface area contributed by atoms with Crippen molar-refractivity contribution in [3.05, 3.63) is 58.3 Å². The largest absolute Gasteiger partial charge is 0.468 e. The van der Waals surface area contributed by atoms with Crippen LogP contribution < -0.4 is 5.32 Å². The highest BCUT2D eigenvalue weighted by molar-refractivity contribution is 7.09. The zero-order valence-corrected chi connectivity index (χ0v) is 11.7. The van der Waals surface area contributed by atoms with Gasteiger partial charge in [-0.15, -0.1) is 11.3 Å². The van der Waals surface area contributed by atoms with Crippen LogP contribution in [0.25, 0.3) is 0 Å². The van der Waals surface area contributed by atoms with Crippen LogP contribution in [0.4, 0.5) is 0 Å². The van der Waals surface area contributed by atoms with Gasteiger partial charge in [-0.2, -0.15) is 0 Å². The minimum absolute atomic E-state index is 0.252. The van der Waals surface area contributed by atoms with Gasteiger partial charge in [-0.3, -0.25) is 0 Å². The van der Waals surface area contributed by atoms with Gasteiger partial charge in [0.05, 0.1) is 7.11 Å². The fourth-order valence-corrected chi connectivity index (χ4v) is 2.60. The van der Waals surface area contributed by atoms with E-state index < -0.39 is 6.04 Å². The molecular weight excluding hydrogens is 258 g/mol. The number of hydrogen-bond acceptors (Lipinski definition) is 4. The molecule has 1 N–H and O–H groups in total. The molecule has 1 atom stereocenters. The second-order valence-corrected chi connectivity index (χ2v) is 5.18. The van der Waals surface area contributed by atoms with E-state index in [1.54, 1.807) is 11.3 Å². The molecule has 0 amide bonds. The van der Waals surface area contributed by atoms with Gasteiger partial charge in [0.2, 0.25) is 0 Å². The van der Waals surface area contributed by atoms with Crippen molar-refractivity contribution in [2.45, 2.75) is 12.5 Å². The number of ether oxygens (including phenoxy) is 1. The first-order valence-corrected chi connectivity index (χ1v) is 7.08. The van der Waals surface area contributed by atoms with Crippen LogP contribution in [0.2, 0.25) is 0 Å². The summed E-state index contributed by atoms with van der Waals surface area (Å²) in [5.74, 6) is -0.252. The molecule has 19 heavy (non-hydrogen) atoms. The molecule has 0 unspecified atom stereocenters. The molecule has 0 saturated carbocycles. The zero-order valence-electron chi connectivity index (χ0n) is 10.8. The number of methoxy groups -OCH3 is 1. The number of rotatable bonds is 6. The van der Waals surface area contributed by atoms with Crippen LogP contribution in [0.15, 0.2) is 47.8 Å². The Labute approximate surface area is 117 Å². The summed E-state index contributed by atoms with van der Waals surface area (Å²) in [4.78, 5) is 13.1. The summed E-state index contributed by atoms with van der Waals surface area (Å²) in [6, 6.07) is 13.4. The molecule has 4 heteroatoms. The van der Waals surface area contributed by atoms with Crippen LogP contribution in [0.3, 0.4) is 0 Å². The maximum absolute atomic E-state index is 11.8. The molecule has 1 aromatic heterocycles. The predicted octanol–water partition coefficient (Wildman–Crippen LogP) is 2.79. The van der Waals surface area contributed by atoms with E-state index in [1.807, 2.05) is 36.4 Å². The molecule has 100 valence electrons. The number of carbonyl (C=O) groups is 1. The quantitative estimate of drug-likeness (QED) is 0.824. The summed E-state index contributed by atoms with van der Waals surface area (Å²) in [7, 11) is 1.42. The lowest BCUT2D eigenvalue weighted by molar-refractivity contribution is -0.143. The Morgan fingerprint density at radius 1 is 1.26 bits per heavy atom. The Hall–Kier alpha value is -1.65. The third-order valence-corrected chi connectivity index (χ3v) is 3.81. The van der Waals surface area contributed by atoms with Crippen molar-refractivity contribution < 1.29 is 9.53 Å². The zero-order chi connectivity index (χ0) is 13.5. The van der Waals surface area contributed by atoms with E-state index in [0.29, 0.717) is 0 Å². The fraction of sp³-hybridized carbons (Fsp3) is 0.267. The van der Waals surface area contributed by atoms with E-state index >= 15 is 0 Å². The minimum atomic E-state index is -0.397. The van der Waals surface area contributed by atoms with Crippen LogP contribution in [0.1, 0.15) is 16.5 Å². The van der Waals surface area contributed by atoms with Gasteiger partial charge in [-0.05, 0) is 23.4 Å². The molecule has 0 aliphatic rings. The fourth-order valence-electron chi connectivity index (χ4n) is 1.90. The third kappa shape index (κ3) is 3.91. The third-order valence-electron chi connectivity index (χ3n) is 2.87. The van der Waals surface area contributed by atoms with Crippen LogP contribution >= 0.6 is 11.3 Å². The van der Waals surface area contributed by atoms with Crippen molar-refractivity contribution in [1.82, 2.24) is 5.32 Å². The Bertz CT molecular complexity index is 496. The summed E-state index contributed by atoms with van der Waals surface area (Å²) in [5, 5.41) is 5.32. The Morgan fingerprint density at radius 2 is 2.05 bits per heavy atom. The van der Waals surface area contributed by atoms with E-state index in [1.165, 1.54) is 12.0 Å². The van der Waals surface area contributed by atoms with Crippen molar-refractivity contribution in [2.24, 2.45) is 0 Å². The van der Waals surface area contributed by atoms with Crippen molar-refractivity contribution in [2.75, 3.05) is 13.7 Å². The van der Waals surface area contributed by atoms with Gasteiger partial charge < -0.3 is 10.1 Å². The van der Waals surface area contributed by atoms with Crippen LogP contribution in [0, 0.1) is 0 Å². The molecule has 0 aliphatic carbocycles. The van der Waals surface area contributed by atoms with E-state index in [2.05, 4.69) is 16.8 Å². The normalized spacial score (nSPS) is 12.1. The topological polar surface area (TPSA) is 38.3 Å². The smallest absolute Gasteiger partial charge is 0.327 e. The molecule has 0 bridgehead atoms. The van der Waals surface area contributed by atoms with Crippen molar-refractivity contribution in [1.29, 1.82) is 0 Å². The number of hydrogen-bond donors (Lipinski definition) is 1. The maximum atomic E-state index is 11.8. The van der Waals surface area contributed by atoms with Crippen LogP contribution in [-0.4, -0.2) is 19.6 Å². The molecular formula is C15H17NO2S. The van der Waals surface area contributed by atoms with Gasteiger partial charge >= 0.3 is 5.97 Å². The van der Waals surface area contributed by atoms with Gasteiger partial charge in [0.25, 0.3) is 0 Å². The highest BCUT2D eigenvalue weighted by Gasteiger charge is 2.20. The summed E-state index contributed by atoms with van der Waals surface area (Å²) >= 11 is 1.73. The first kappa shape index (κ1) is 13.8. The molecule has 0 saturated heterocycles. The highest BCUT2D eigenvalue weighted by atomic mass is 32.1. The van der Waals surface area contributed by atoms with Gasteiger partial charge in [0, 0.05) is 11.4 Å². The second kappa shape index (κ2) is 7.07. The summed E-state index contributed by atoms with van der Waals surface area (Å²) < 4.78 is 4.86. The Balaban J connectivity index is 1.97. The molecule has 0 radical (unpaired) electrons. The molecule has 1 aromatic carbocycles. The van der Waals surface area contributed by atoms with Crippen molar-refractivity contribution in [3.63, 3.8) is 0 Å². The molecule has 2 aromatic rings. The first-order valence-electron chi connectivity index (χ1n) is 6.20. The van der Waals surface area contributed by atoms with E-state index in [4.69, 9.17) is 4.74 Å². The monoisotopic (exact) mass is 275 g/mol. The average Bonchev–Trinajstić information content (AvgIpc) is 2.97. The Kier molecular flexibility index (Phi) is 5.12. The van der Waals surface area contributed by atoms with Crippen LogP contribution in [-0.2, 0) is 16.0 Å². The van der Waals surface area contributed by atoms with Crippen molar-refractivity contribution >= 4 is 17.3 Å². The Morgan fingerprint density at radius 3 is 2.68 bits per heavy atom. The molecule has 0 spiro atoms. The lowest BCUT2D eigenvalue weighted by Crippen LogP contribution is -2.31. The number of nitrogens with one attached hydrogen (secondary N) is 1. The summed E-state index contributed by atoms with van der Waals surface area (Å²) in [5.41, 5.74) is 0.931. The highest BCUT2D eigenvalue weighted by Crippen LogP contribution is 2.15. The number of carbonyl (C=O) groups excluding carboxylic acids is 1. The first-order chi connectivity index (χ1) is 9.31. The van der Waals surface area contributed by atoms with Gasteiger partial charge in [0.1, 0.15) is 6.04 Å². The predicted molar refractivity (Wildman–Crippen MR) is 77.2 cm³/mol. The molecule has 2 rings (SSSR count). The van der Waals surface area contributed by atoms with Gasteiger partial charge in [0.15, 0.2) is 0 Å². The van der Waals surface area contributed by atoms with E-state index in [0.717, 1.165) is 18.5 Å². The minimum Gasteiger partial charge on any atom is -0.468 e. The average molecular weight is 275 g/mol.